The molecule has 69 heavy (non-hydrogen) atoms. The zero-order chi connectivity index (χ0) is 53.7. The van der Waals surface area contributed by atoms with Crippen molar-refractivity contribution >= 4 is 53.2 Å². The summed E-state index contributed by atoms with van der Waals surface area (Å²) >= 11 is 0. The van der Waals surface area contributed by atoms with Crippen LogP contribution in [0.4, 0.5) is 0 Å². The number of ether oxygens (including phenoxy) is 1. The van der Waals surface area contributed by atoms with Crippen LogP contribution in [0.25, 0.3) is 0 Å². The Kier molecular flexibility index (Phi) is 24.3. The molecule has 1 aliphatic rings. The number of likely N-dealkylation sites (N-methyl/N-ethyl adjacent to an activating group) is 5. The lowest BCUT2D eigenvalue weighted by Crippen LogP contribution is -2.62. The molecule has 5 N–H and O–H groups in total. The third-order valence-corrected chi connectivity index (χ3v) is 12.5. The van der Waals surface area contributed by atoms with Gasteiger partial charge in [-0.3, -0.25) is 43.2 Å². The van der Waals surface area contributed by atoms with Crippen LogP contribution >= 0.6 is 0 Å². The zero-order valence-corrected chi connectivity index (χ0v) is 45.4. The van der Waals surface area contributed by atoms with E-state index in [4.69, 9.17) is 4.74 Å². The van der Waals surface area contributed by atoms with Gasteiger partial charge in [0.2, 0.25) is 53.2 Å². The van der Waals surface area contributed by atoms with Gasteiger partial charge in [-0.15, -0.1) is 0 Å². The Morgan fingerprint density at radius 3 is 1.32 bits per heavy atom. The highest BCUT2D eigenvalue weighted by Gasteiger charge is 2.42. The van der Waals surface area contributed by atoms with Gasteiger partial charge in [0.1, 0.15) is 48.3 Å². The molecule has 0 bridgehead atoms. The summed E-state index contributed by atoms with van der Waals surface area (Å²) in [5.41, 5.74) is -0.730. The number of nitrogens with one attached hydrogen (secondary N) is 4. The smallest absolute Gasteiger partial charge is 0.248 e. The zero-order valence-electron chi connectivity index (χ0n) is 45.4. The molecule has 1 aliphatic heterocycles. The second kappa shape index (κ2) is 26.9. The quantitative estimate of drug-likeness (QED) is 0.210. The lowest BCUT2D eigenvalue weighted by atomic mass is 9.97. The lowest BCUT2D eigenvalue weighted by Gasteiger charge is -2.38. The summed E-state index contributed by atoms with van der Waals surface area (Å²) < 4.78 is 5.96. The molecule has 396 valence electrons. The number of carbonyl (C=O) groups excluding carboxylic acids is 9. The van der Waals surface area contributed by atoms with E-state index in [1.165, 1.54) is 75.6 Å². The van der Waals surface area contributed by atoms with Crippen LogP contribution in [-0.2, 0) is 47.9 Å². The molecule has 9 amide bonds. The monoisotopic (exact) mass is 980 g/mol. The first-order valence-electron chi connectivity index (χ1n) is 24.4. The topological polar surface area (TPSA) is 247 Å². The molecule has 0 unspecified atom stereocenters. The Morgan fingerprint density at radius 1 is 0.522 bits per heavy atom. The average molecular weight is 980 g/mol. The summed E-state index contributed by atoms with van der Waals surface area (Å²) in [6.07, 6.45) is -1.23. The van der Waals surface area contributed by atoms with Crippen LogP contribution in [0.3, 0.4) is 0 Å². The summed E-state index contributed by atoms with van der Waals surface area (Å²) in [6, 6.07) is -10.5. The summed E-state index contributed by atoms with van der Waals surface area (Å²) in [5, 5.41) is 21.9. The van der Waals surface area contributed by atoms with Gasteiger partial charge in [0.25, 0.3) is 0 Å². The van der Waals surface area contributed by atoms with E-state index < -0.39 is 125 Å². The predicted molar refractivity (Wildman–Crippen MR) is 263 cm³/mol. The van der Waals surface area contributed by atoms with Crippen LogP contribution in [0, 0.1) is 23.7 Å². The molecule has 1 heterocycles. The second-order valence-electron chi connectivity index (χ2n) is 21.6. The van der Waals surface area contributed by atoms with Crippen molar-refractivity contribution in [2.75, 3.05) is 41.8 Å². The molecule has 0 aliphatic carbocycles. The Bertz CT molecular complexity index is 1800. The molecule has 0 radical (unpaired) electrons. The van der Waals surface area contributed by atoms with Gasteiger partial charge in [-0.1, -0.05) is 55.4 Å². The van der Waals surface area contributed by atoms with Crippen molar-refractivity contribution in [3.05, 3.63) is 0 Å². The Labute approximate surface area is 412 Å². The van der Waals surface area contributed by atoms with E-state index in [2.05, 4.69) is 21.3 Å². The van der Waals surface area contributed by atoms with E-state index in [0.29, 0.717) is 0 Å². The van der Waals surface area contributed by atoms with Gasteiger partial charge in [0, 0.05) is 47.7 Å². The first-order valence-corrected chi connectivity index (χ1v) is 24.4. The molecule has 1 fully saturated rings. The summed E-state index contributed by atoms with van der Waals surface area (Å²) in [6.45, 7) is 25.6. The largest absolute Gasteiger partial charge is 0.391 e. The fraction of sp³-hybridized carbons (Fsp3) is 0.816. The maximum atomic E-state index is 14.4. The van der Waals surface area contributed by atoms with Crippen LogP contribution in [0.5, 0.6) is 0 Å². The Balaban J connectivity index is 4.05. The van der Waals surface area contributed by atoms with E-state index in [-0.39, 0.29) is 50.0 Å². The third-order valence-electron chi connectivity index (χ3n) is 12.5. The summed E-state index contributed by atoms with van der Waals surface area (Å²) in [5.74, 6) is -6.68. The lowest BCUT2D eigenvalue weighted by molar-refractivity contribution is -0.153. The van der Waals surface area contributed by atoms with E-state index in [1.54, 1.807) is 41.5 Å². The van der Waals surface area contributed by atoms with Crippen LogP contribution in [0.2, 0.25) is 0 Å². The third kappa shape index (κ3) is 18.4. The molecule has 20 nitrogen and oxygen atoms in total. The molecule has 20 heteroatoms. The first kappa shape index (κ1) is 62.2. The number of hydrogen-bond donors (Lipinski definition) is 5. The first-order chi connectivity index (χ1) is 31.5. The fourth-order valence-corrected chi connectivity index (χ4v) is 7.92. The van der Waals surface area contributed by atoms with E-state index in [1.807, 2.05) is 41.5 Å². The molecule has 0 aromatic carbocycles. The second-order valence-corrected chi connectivity index (χ2v) is 21.6. The van der Waals surface area contributed by atoms with Gasteiger partial charge in [-0.25, -0.2) is 0 Å². The van der Waals surface area contributed by atoms with Crippen molar-refractivity contribution in [1.82, 2.24) is 45.8 Å². The number of carbonyl (C=O) groups is 9. The minimum absolute atomic E-state index is 0.0879. The molecule has 0 aromatic rings. The Hall–Kier alpha value is -4.85. The molecule has 0 spiro atoms. The van der Waals surface area contributed by atoms with Crippen LogP contribution in [0.1, 0.15) is 130 Å². The molecule has 0 aromatic heterocycles. The average Bonchev–Trinajstić information content (AvgIpc) is 3.24. The number of aliphatic hydroxyl groups is 1. The van der Waals surface area contributed by atoms with Crippen molar-refractivity contribution in [2.24, 2.45) is 23.7 Å². The minimum atomic E-state index is -1.57. The number of rotatable bonds is 10. The van der Waals surface area contributed by atoms with Crippen LogP contribution in [0.15, 0.2) is 0 Å². The van der Waals surface area contributed by atoms with E-state index >= 15 is 0 Å². The van der Waals surface area contributed by atoms with E-state index in [9.17, 15) is 48.3 Å². The maximum absolute atomic E-state index is 14.4. The molecular weight excluding hydrogens is 891 g/mol. The van der Waals surface area contributed by atoms with Crippen molar-refractivity contribution in [3.63, 3.8) is 0 Å². The maximum Gasteiger partial charge on any atom is 0.248 e. The number of hydrogen-bond acceptors (Lipinski definition) is 11. The molecular formula is C49H89N9O11. The van der Waals surface area contributed by atoms with Crippen LogP contribution < -0.4 is 21.3 Å². The Morgan fingerprint density at radius 2 is 0.913 bits per heavy atom. The molecule has 1 saturated heterocycles. The van der Waals surface area contributed by atoms with Crippen molar-refractivity contribution in [3.8, 4) is 0 Å². The van der Waals surface area contributed by atoms with Gasteiger partial charge in [-0.2, -0.15) is 0 Å². The number of nitrogens with zero attached hydrogens (tertiary/aromatic N) is 5. The van der Waals surface area contributed by atoms with Gasteiger partial charge < -0.3 is 55.6 Å². The normalized spacial score (nSPS) is 27.8. The van der Waals surface area contributed by atoms with Crippen molar-refractivity contribution in [1.29, 1.82) is 0 Å². The number of aliphatic hydroxyl groups excluding tert-OH is 1. The highest BCUT2D eigenvalue weighted by Crippen LogP contribution is 2.21. The predicted octanol–water partition coefficient (Wildman–Crippen LogP) is 1.51. The van der Waals surface area contributed by atoms with Crippen molar-refractivity contribution < 1.29 is 53.0 Å². The van der Waals surface area contributed by atoms with Gasteiger partial charge in [-0.05, 0) is 91.4 Å². The SMILES string of the molecule is CC(C)C[C@H]1C(=O)N(C)[C@@H](C)C(=O)N(C)[C@@H](CC(C)C)C(=O)N[C@@H]([C@@H](C)O)C(=O)N(C)[C@@H](C)C(=O)N(C)[C@@H](CC(C)C)C(=O)N[C@@H](COC(C)(C)C)C(=O)N[C@@H](C)CC(=O)N[C@H](C(C)C)C(=O)N1C. The molecule has 0 saturated carbocycles. The highest BCUT2D eigenvalue weighted by atomic mass is 16.5. The highest BCUT2D eigenvalue weighted by molar-refractivity contribution is 5.98. The minimum Gasteiger partial charge on any atom is -0.391 e. The summed E-state index contributed by atoms with van der Waals surface area (Å²) in [7, 11) is 7.06. The van der Waals surface area contributed by atoms with Gasteiger partial charge in [0.05, 0.1) is 18.3 Å². The molecule has 1 rings (SSSR count). The van der Waals surface area contributed by atoms with Crippen molar-refractivity contribution in [2.45, 2.75) is 196 Å². The molecule has 10 atom stereocenters. The summed E-state index contributed by atoms with van der Waals surface area (Å²) in [4.78, 5) is 134. The van der Waals surface area contributed by atoms with Gasteiger partial charge >= 0.3 is 0 Å². The van der Waals surface area contributed by atoms with Crippen LogP contribution in [-0.4, -0.2) is 191 Å². The standard InChI is InChI=1S/C49H89N9O11/c1-26(2)21-35-42(62)51-34(25-69-49(13,14)15)41(61)50-30(9)24-38(60)52-39(29(7)8)47(67)58(20)37(23-28(5)6)46(66)54(16)31(10)44(64)57(19)36(22-27(3)4)43(63)53-40(33(12)59)48(68)55(17)32(11)45(65)56(35)18/h26-37,39-40,59H,21-25H2,1-20H3,(H,50,61)(H,51,62)(H,52,60)(H,53,63)/t30-,31-,32-,33+,34-,35-,36-,37-,39+,40-/m0/s1. The van der Waals surface area contributed by atoms with E-state index in [0.717, 1.165) is 4.90 Å². The van der Waals surface area contributed by atoms with Gasteiger partial charge in [0.15, 0.2) is 0 Å². The fourth-order valence-electron chi connectivity index (χ4n) is 7.92. The number of amides is 9.